The Bertz CT molecular complexity index is 1110. The molecule has 4 rings (SSSR count). The van der Waals surface area contributed by atoms with Crippen molar-refractivity contribution in [2.75, 3.05) is 6.54 Å². The fourth-order valence-corrected chi connectivity index (χ4v) is 3.64. The van der Waals surface area contributed by atoms with Gasteiger partial charge >= 0.3 is 6.18 Å². The number of phenolic OH excluding ortho intramolecular Hbond substituents is 1. The molecule has 2 aromatic carbocycles. The highest BCUT2D eigenvalue weighted by molar-refractivity contribution is 5.94. The van der Waals surface area contributed by atoms with Crippen molar-refractivity contribution in [3.8, 4) is 17.0 Å². The van der Waals surface area contributed by atoms with Gasteiger partial charge in [-0.1, -0.05) is 6.92 Å². The topological polar surface area (TPSA) is 66.3 Å². The number of nitrogens with zero attached hydrogens (tertiary/aromatic N) is 3. The number of hydrogen-bond acceptors (Lipinski definition) is 4. The lowest BCUT2D eigenvalue weighted by molar-refractivity contribution is -0.137. The molecule has 31 heavy (non-hydrogen) atoms. The molecular formula is C23H20F3N3O2. The fourth-order valence-electron chi connectivity index (χ4n) is 3.64. The van der Waals surface area contributed by atoms with Crippen LogP contribution < -0.4 is 0 Å². The predicted molar refractivity (Wildman–Crippen MR) is 108 cm³/mol. The van der Waals surface area contributed by atoms with Crippen LogP contribution in [0.4, 0.5) is 13.2 Å². The minimum Gasteiger partial charge on any atom is -0.508 e. The molecule has 160 valence electrons. The number of carbonyl (C=O) groups excluding carboxylic acids is 1. The van der Waals surface area contributed by atoms with Gasteiger partial charge in [-0.2, -0.15) is 13.2 Å². The number of aromatic hydroxyl groups is 1. The van der Waals surface area contributed by atoms with Crippen LogP contribution in [0, 0.1) is 0 Å². The Labute approximate surface area is 177 Å². The average Bonchev–Trinajstić information content (AvgIpc) is 2.77. The van der Waals surface area contributed by atoms with Crippen LogP contribution in [0.1, 0.15) is 39.9 Å². The second-order valence-electron chi connectivity index (χ2n) is 7.37. The Kier molecular flexibility index (Phi) is 5.39. The van der Waals surface area contributed by atoms with Gasteiger partial charge < -0.3 is 10.0 Å². The van der Waals surface area contributed by atoms with Crippen LogP contribution in [0.2, 0.25) is 0 Å². The van der Waals surface area contributed by atoms with Crippen LogP contribution in [-0.2, 0) is 25.6 Å². The number of amides is 1. The van der Waals surface area contributed by atoms with E-state index < -0.39 is 11.7 Å². The van der Waals surface area contributed by atoms with Crippen molar-refractivity contribution in [2.45, 2.75) is 32.5 Å². The molecule has 3 aromatic rings. The first-order valence-electron chi connectivity index (χ1n) is 9.91. The van der Waals surface area contributed by atoms with E-state index in [0.717, 1.165) is 29.0 Å². The third-order valence-electron chi connectivity index (χ3n) is 5.31. The highest BCUT2D eigenvalue weighted by Crippen LogP contribution is 2.31. The number of alkyl halides is 3. The lowest BCUT2D eigenvalue weighted by Crippen LogP contribution is -2.37. The number of aromatic nitrogens is 2. The maximum atomic E-state index is 13.0. The molecule has 0 unspecified atom stereocenters. The van der Waals surface area contributed by atoms with Crippen LogP contribution in [0.5, 0.6) is 5.75 Å². The average molecular weight is 427 g/mol. The first-order chi connectivity index (χ1) is 14.8. The van der Waals surface area contributed by atoms with Crippen LogP contribution in [-0.4, -0.2) is 32.4 Å². The van der Waals surface area contributed by atoms with Crippen molar-refractivity contribution in [2.24, 2.45) is 0 Å². The number of rotatable bonds is 3. The summed E-state index contributed by atoms with van der Waals surface area (Å²) in [6.07, 6.45) is -3.26. The van der Waals surface area contributed by atoms with Crippen molar-refractivity contribution in [3.05, 3.63) is 76.7 Å². The number of benzene rings is 2. The van der Waals surface area contributed by atoms with Gasteiger partial charge in [0.15, 0.2) is 0 Å². The minimum atomic E-state index is -4.45. The van der Waals surface area contributed by atoms with Crippen LogP contribution in [0.3, 0.4) is 0 Å². The summed E-state index contributed by atoms with van der Waals surface area (Å²) >= 11 is 0. The molecule has 1 aliphatic heterocycles. The Morgan fingerprint density at radius 3 is 2.35 bits per heavy atom. The van der Waals surface area contributed by atoms with Gasteiger partial charge in [-0.3, -0.25) is 4.79 Å². The SMILES string of the molecule is CCc1nc2c(c(-c3ccc(O)cc3)n1)CN(C(=O)c1ccc(C(F)(F)F)cc1)CC2. The van der Waals surface area contributed by atoms with E-state index in [4.69, 9.17) is 0 Å². The molecule has 1 aromatic heterocycles. The van der Waals surface area contributed by atoms with E-state index in [9.17, 15) is 23.1 Å². The number of halogens is 3. The summed E-state index contributed by atoms with van der Waals surface area (Å²) in [5.41, 5.74) is 2.60. The molecule has 0 atom stereocenters. The number of phenols is 1. The largest absolute Gasteiger partial charge is 0.508 e. The zero-order chi connectivity index (χ0) is 22.2. The van der Waals surface area contributed by atoms with Gasteiger partial charge in [0, 0.05) is 42.6 Å². The summed E-state index contributed by atoms with van der Waals surface area (Å²) in [5, 5.41) is 9.60. The predicted octanol–water partition coefficient (Wildman–Crippen LogP) is 4.63. The summed E-state index contributed by atoms with van der Waals surface area (Å²) in [7, 11) is 0. The first-order valence-corrected chi connectivity index (χ1v) is 9.91. The number of carbonyl (C=O) groups is 1. The van der Waals surface area contributed by atoms with Crippen LogP contribution >= 0.6 is 0 Å². The lowest BCUT2D eigenvalue weighted by Gasteiger charge is -2.30. The summed E-state index contributed by atoms with van der Waals surface area (Å²) in [6, 6.07) is 10.9. The summed E-state index contributed by atoms with van der Waals surface area (Å²) in [5.74, 6) is 0.501. The normalized spacial score (nSPS) is 13.7. The second kappa shape index (κ2) is 8.02. The van der Waals surface area contributed by atoms with Crippen molar-refractivity contribution >= 4 is 5.91 Å². The Hall–Kier alpha value is -3.42. The molecule has 0 radical (unpaired) electrons. The van der Waals surface area contributed by atoms with Gasteiger partial charge in [0.25, 0.3) is 5.91 Å². The van der Waals surface area contributed by atoms with Gasteiger partial charge in [-0.25, -0.2) is 9.97 Å². The van der Waals surface area contributed by atoms with Gasteiger partial charge in [0.1, 0.15) is 11.6 Å². The molecule has 2 heterocycles. The third-order valence-corrected chi connectivity index (χ3v) is 5.31. The van der Waals surface area contributed by atoms with Crippen LogP contribution in [0.15, 0.2) is 48.5 Å². The highest BCUT2D eigenvalue weighted by Gasteiger charge is 2.31. The molecule has 5 nitrogen and oxygen atoms in total. The molecule has 1 N–H and O–H groups in total. The zero-order valence-electron chi connectivity index (χ0n) is 16.8. The number of fused-ring (bicyclic) bond motifs is 1. The fraction of sp³-hybridized carbons (Fsp3) is 0.261. The molecule has 1 amide bonds. The van der Waals surface area contributed by atoms with E-state index in [-0.39, 0.29) is 23.8 Å². The zero-order valence-corrected chi connectivity index (χ0v) is 16.8. The van der Waals surface area contributed by atoms with Crippen molar-refractivity contribution in [1.82, 2.24) is 14.9 Å². The van der Waals surface area contributed by atoms with Gasteiger partial charge in [0.05, 0.1) is 17.0 Å². The van der Waals surface area contributed by atoms with E-state index in [1.807, 2.05) is 6.92 Å². The number of hydrogen-bond donors (Lipinski definition) is 1. The third kappa shape index (κ3) is 4.23. The van der Waals surface area contributed by atoms with E-state index in [2.05, 4.69) is 9.97 Å². The number of aryl methyl sites for hydroxylation is 1. The molecule has 0 bridgehead atoms. The second-order valence-corrected chi connectivity index (χ2v) is 7.37. The summed E-state index contributed by atoms with van der Waals surface area (Å²) in [4.78, 5) is 23.8. The van der Waals surface area contributed by atoms with Crippen molar-refractivity contribution in [1.29, 1.82) is 0 Å². The van der Waals surface area contributed by atoms with Gasteiger partial charge in [-0.05, 0) is 48.5 Å². The highest BCUT2D eigenvalue weighted by atomic mass is 19.4. The standard InChI is InChI=1S/C23H20F3N3O2/c1-2-20-27-19-11-12-29(22(31)15-3-7-16(8-4-15)23(24,25)26)13-18(19)21(28-20)14-5-9-17(30)10-6-14/h3-10,30H,2,11-13H2,1H3. The Balaban J connectivity index is 1.66. The van der Waals surface area contributed by atoms with Crippen molar-refractivity contribution in [3.63, 3.8) is 0 Å². The molecule has 0 aliphatic carbocycles. The molecule has 0 spiro atoms. The molecule has 1 aliphatic rings. The van der Waals surface area contributed by atoms with E-state index in [0.29, 0.717) is 30.9 Å². The molecule has 8 heteroatoms. The van der Waals surface area contributed by atoms with Gasteiger partial charge in [-0.15, -0.1) is 0 Å². The summed E-state index contributed by atoms with van der Waals surface area (Å²) < 4.78 is 38.4. The monoisotopic (exact) mass is 427 g/mol. The molecule has 0 saturated heterocycles. The smallest absolute Gasteiger partial charge is 0.416 e. The van der Waals surface area contributed by atoms with E-state index >= 15 is 0 Å². The Morgan fingerprint density at radius 2 is 1.74 bits per heavy atom. The molecule has 0 saturated carbocycles. The Morgan fingerprint density at radius 1 is 1.06 bits per heavy atom. The minimum absolute atomic E-state index is 0.140. The quantitative estimate of drug-likeness (QED) is 0.662. The van der Waals surface area contributed by atoms with E-state index in [1.165, 1.54) is 12.1 Å². The van der Waals surface area contributed by atoms with Crippen molar-refractivity contribution < 1.29 is 23.1 Å². The molecular weight excluding hydrogens is 407 g/mol. The van der Waals surface area contributed by atoms with E-state index in [1.54, 1.807) is 29.2 Å². The summed E-state index contributed by atoms with van der Waals surface area (Å²) in [6.45, 7) is 2.64. The maximum absolute atomic E-state index is 13.0. The first kappa shape index (κ1) is 20.8. The lowest BCUT2D eigenvalue weighted by atomic mass is 9.98. The van der Waals surface area contributed by atoms with Gasteiger partial charge in [0.2, 0.25) is 0 Å². The molecule has 0 fully saturated rings. The van der Waals surface area contributed by atoms with Crippen LogP contribution in [0.25, 0.3) is 11.3 Å². The maximum Gasteiger partial charge on any atom is 0.416 e.